The zero-order valence-electron chi connectivity index (χ0n) is 19.8. The lowest BCUT2D eigenvalue weighted by atomic mass is 10.0. The van der Waals surface area contributed by atoms with Gasteiger partial charge in [-0.05, 0) is 42.5 Å². The molecule has 1 amide bonds. The Bertz CT molecular complexity index is 1390. The standard InChI is InChI=1S/C25H27ClN4O5/c1-13(2)12-30-22-21(24(33)29-25(30)34)17(10-18(27-22)14-4-5-14)23(32)28-19(11-20(31)35-3)15-6-8-16(26)9-7-15/h6-10,13-14,19H,4-5,11-12H2,1-3H3,(H,28,32)(H,29,33,34). The van der Waals surface area contributed by atoms with E-state index in [0.717, 1.165) is 12.8 Å². The van der Waals surface area contributed by atoms with E-state index in [2.05, 4.69) is 15.3 Å². The molecule has 1 aliphatic carbocycles. The van der Waals surface area contributed by atoms with Crippen molar-refractivity contribution in [1.29, 1.82) is 0 Å². The lowest BCUT2D eigenvalue weighted by Gasteiger charge is -2.20. The highest BCUT2D eigenvalue weighted by Crippen LogP contribution is 2.40. The number of rotatable bonds is 8. The van der Waals surface area contributed by atoms with Crippen molar-refractivity contribution in [3.05, 3.63) is 73.0 Å². The molecule has 1 atom stereocenters. The van der Waals surface area contributed by atoms with Crippen molar-refractivity contribution in [3.8, 4) is 0 Å². The van der Waals surface area contributed by atoms with E-state index >= 15 is 0 Å². The summed E-state index contributed by atoms with van der Waals surface area (Å²) in [6.07, 6.45) is 1.73. The number of amides is 1. The van der Waals surface area contributed by atoms with Crippen LogP contribution < -0.4 is 16.6 Å². The van der Waals surface area contributed by atoms with Crippen molar-refractivity contribution in [3.63, 3.8) is 0 Å². The minimum atomic E-state index is -0.722. The summed E-state index contributed by atoms with van der Waals surface area (Å²) in [5, 5.41) is 3.42. The minimum absolute atomic E-state index is 0.0417. The molecule has 2 aromatic heterocycles. The predicted octanol–water partition coefficient (Wildman–Crippen LogP) is 3.31. The van der Waals surface area contributed by atoms with Gasteiger partial charge in [-0.3, -0.25) is 23.9 Å². The second-order valence-electron chi connectivity index (χ2n) is 9.19. The first-order valence-corrected chi connectivity index (χ1v) is 11.9. The molecule has 0 bridgehead atoms. The number of carbonyl (C=O) groups is 2. The van der Waals surface area contributed by atoms with Crippen molar-refractivity contribution in [1.82, 2.24) is 19.9 Å². The monoisotopic (exact) mass is 498 g/mol. The van der Waals surface area contributed by atoms with Crippen LogP contribution >= 0.6 is 11.6 Å². The average Bonchev–Trinajstić information content (AvgIpc) is 3.66. The van der Waals surface area contributed by atoms with Crippen molar-refractivity contribution in [2.24, 2.45) is 5.92 Å². The lowest BCUT2D eigenvalue weighted by Crippen LogP contribution is -2.35. The van der Waals surface area contributed by atoms with Gasteiger partial charge in [0.25, 0.3) is 11.5 Å². The Morgan fingerprint density at radius 1 is 1.23 bits per heavy atom. The normalized spacial score (nSPS) is 14.2. The molecule has 1 aliphatic rings. The number of aromatic nitrogens is 3. The molecule has 2 heterocycles. The summed E-state index contributed by atoms with van der Waals surface area (Å²) in [6, 6.07) is 7.64. The third-order valence-corrected chi connectivity index (χ3v) is 6.18. The third-order valence-electron chi connectivity index (χ3n) is 5.93. The van der Waals surface area contributed by atoms with Gasteiger partial charge in [-0.1, -0.05) is 37.6 Å². The molecular formula is C25H27ClN4O5. The van der Waals surface area contributed by atoms with Crippen molar-refractivity contribution in [2.45, 2.75) is 51.6 Å². The van der Waals surface area contributed by atoms with Crippen LogP contribution in [-0.4, -0.2) is 33.5 Å². The van der Waals surface area contributed by atoms with Gasteiger partial charge >= 0.3 is 11.7 Å². The minimum Gasteiger partial charge on any atom is -0.469 e. The highest BCUT2D eigenvalue weighted by Gasteiger charge is 2.30. The first-order valence-electron chi connectivity index (χ1n) is 11.5. The van der Waals surface area contributed by atoms with E-state index in [-0.39, 0.29) is 34.9 Å². The van der Waals surface area contributed by atoms with Crippen LogP contribution in [0.2, 0.25) is 5.02 Å². The first kappa shape index (κ1) is 24.7. The number of hydrogen-bond donors (Lipinski definition) is 2. The fourth-order valence-electron chi connectivity index (χ4n) is 4.03. The lowest BCUT2D eigenvalue weighted by molar-refractivity contribution is -0.141. The van der Waals surface area contributed by atoms with E-state index in [0.29, 0.717) is 22.8 Å². The average molecular weight is 499 g/mol. The molecule has 4 rings (SSSR count). The number of aromatic amines is 1. The van der Waals surface area contributed by atoms with Crippen LogP contribution in [0.1, 0.15) is 66.7 Å². The second kappa shape index (κ2) is 10.0. The highest BCUT2D eigenvalue weighted by atomic mass is 35.5. The molecule has 0 spiro atoms. The maximum atomic E-state index is 13.6. The van der Waals surface area contributed by atoms with E-state index < -0.39 is 29.2 Å². The number of benzene rings is 1. The number of nitrogens with zero attached hydrogens (tertiary/aromatic N) is 2. The van der Waals surface area contributed by atoms with E-state index in [9.17, 15) is 19.2 Å². The molecule has 1 aromatic carbocycles. The zero-order valence-corrected chi connectivity index (χ0v) is 20.5. The van der Waals surface area contributed by atoms with Gasteiger partial charge < -0.3 is 10.1 Å². The van der Waals surface area contributed by atoms with Crippen LogP contribution in [0.3, 0.4) is 0 Å². The highest BCUT2D eigenvalue weighted by molar-refractivity contribution is 6.30. The molecule has 35 heavy (non-hydrogen) atoms. The second-order valence-corrected chi connectivity index (χ2v) is 9.63. The number of nitrogens with one attached hydrogen (secondary N) is 2. The summed E-state index contributed by atoms with van der Waals surface area (Å²) in [6.45, 7) is 4.24. The number of esters is 1. The van der Waals surface area contributed by atoms with Crippen LogP contribution in [0, 0.1) is 5.92 Å². The van der Waals surface area contributed by atoms with Gasteiger partial charge in [0.05, 0.1) is 30.5 Å². The Labute approximate surface area is 206 Å². The van der Waals surface area contributed by atoms with E-state index in [1.54, 1.807) is 30.3 Å². The maximum absolute atomic E-state index is 13.6. The molecule has 0 saturated heterocycles. The summed E-state index contributed by atoms with van der Waals surface area (Å²) in [7, 11) is 1.27. The predicted molar refractivity (Wildman–Crippen MR) is 132 cm³/mol. The topological polar surface area (TPSA) is 123 Å². The number of hydrogen-bond acceptors (Lipinski definition) is 6. The Balaban J connectivity index is 1.83. The van der Waals surface area contributed by atoms with Gasteiger partial charge in [0, 0.05) is 23.2 Å². The number of halogens is 1. The number of carbonyl (C=O) groups excluding carboxylic acids is 2. The van der Waals surface area contributed by atoms with Gasteiger partial charge in [-0.15, -0.1) is 0 Å². The number of H-pyrrole nitrogens is 1. The first-order chi connectivity index (χ1) is 16.7. The molecule has 9 nitrogen and oxygen atoms in total. The summed E-state index contributed by atoms with van der Waals surface area (Å²) < 4.78 is 6.22. The van der Waals surface area contributed by atoms with Gasteiger partial charge in [0.1, 0.15) is 0 Å². The molecule has 2 N–H and O–H groups in total. The summed E-state index contributed by atoms with van der Waals surface area (Å²) in [5.41, 5.74) is 0.381. The van der Waals surface area contributed by atoms with Crippen molar-refractivity contribution in [2.75, 3.05) is 7.11 Å². The van der Waals surface area contributed by atoms with Gasteiger partial charge in [0.15, 0.2) is 5.65 Å². The number of pyridine rings is 1. The Morgan fingerprint density at radius 2 is 1.91 bits per heavy atom. The van der Waals surface area contributed by atoms with E-state index in [1.807, 2.05) is 13.8 Å². The van der Waals surface area contributed by atoms with Crippen LogP contribution in [0.15, 0.2) is 39.9 Å². The summed E-state index contributed by atoms with van der Waals surface area (Å²) >= 11 is 6.00. The Morgan fingerprint density at radius 3 is 2.51 bits per heavy atom. The summed E-state index contributed by atoms with van der Waals surface area (Å²) in [5.74, 6) is -0.773. The molecule has 1 unspecified atom stereocenters. The molecule has 1 fully saturated rings. The van der Waals surface area contributed by atoms with Crippen LogP contribution in [-0.2, 0) is 16.1 Å². The number of fused-ring (bicyclic) bond motifs is 1. The van der Waals surface area contributed by atoms with Crippen LogP contribution in [0.5, 0.6) is 0 Å². The molecule has 0 aliphatic heterocycles. The molecule has 1 saturated carbocycles. The molecular weight excluding hydrogens is 472 g/mol. The smallest absolute Gasteiger partial charge is 0.330 e. The zero-order chi connectivity index (χ0) is 25.3. The quantitative estimate of drug-likeness (QED) is 0.459. The Hall–Kier alpha value is -3.46. The van der Waals surface area contributed by atoms with Crippen LogP contribution in [0.25, 0.3) is 11.0 Å². The van der Waals surface area contributed by atoms with E-state index in [4.69, 9.17) is 16.3 Å². The van der Waals surface area contributed by atoms with Gasteiger partial charge in [-0.25, -0.2) is 9.78 Å². The largest absolute Gasteiger partial charge is 0.469 e. The molecule has 184 valence electrons. The fraction of sp³-hybridized carbons (Fsp3) is 0.400. The number of ether oxygens (including phenoxy) is 1. The molecule has 0 radical (unpaired) electrons. The van der Waals surface area contributed by atoms with E-state index in [1.165, 1.54) is 11.7 Å². The maximum Gasteiger partial charge on any atom is 0.330 e. The van der Waals surface area contributed by atoms with Gasteiger partial charge in [-0.2, -0.15) is 0 Å². The van der Waals surface area contributed by atoms with Crippen molar-refractivity contribution >= 4 is 34.5 Å². The fourth-order valence-corrected chi connectivity index (χ4v) is 4.15. The number of methoxy groups -OCH3 is 1. The van der Waals surface area contributed by atoms with Crippen LogP contribution in [0.4, 0.5) is 0 Å². The third kappa shape index (κ3) is 5.45. The molecule has 3 aromatic rings. The molecule has 10 heteroatoms. The summed E-state index contributed by atoms with van der Waals surface area (Å²) in [4.78, 5) is 58.1. The van der Waals surface area contributed by atoms with Crippen molar-refractivity contribution < 1.29 is 14.3 Å². The Kier molecular flexibility index (Phi) is 7.07. The SMILES string of the molecule is COC(=O)CC(NC(=O)c1cc(C2CC2)nc2c1c(=O)[nH]c(=O)n2CC(C)C)c1ccc(Cl)cc1. The van der Waals surface area contributed by atoms with Gasteiger partial charge in [0.2, 0.25) is 0 Å².